The first kappa shape index (κ1) is 21.6. The summed E-state index contributed by atoms with van der Waals surface area (Å²) in [7, 11) is 0. The van der Waals surface area contributed by atoms with Crippen LogP contribution < -0.4 is 4.74 Å². The van der Waals surface area contributed by atoms with Crippen LogP contribution in [0.25, 0.3) is 0 Å². The number of hydrogen-bond acceptors (Lipinski definition) is 9. The summed E-state index contributed by atoms with van der Waals surface area (Å²) in [5.41, 5.74) is -0.0789. The minimum atomic E-state index is -1.08. The number of nitro benzene ring substituents is 1. The van der Waals surface area contributed by atoms with Crippen LogP contribution in [0, 0.1) is 32.8 Å². The molecule has 3 rings (SSSR count). The van der Waals surface area contributed by atoms with Crippen molar-refractivity contribution < 1.29 is 28.3 Å². The first-order chi connectivity index (χ1) is 14.9. The summed E-state index contributed by atoms with van der Waals surface area (Å²) in [6, 6.07) is 11.1. The minimum absolute atomic E-state index is 0.0798. The fraction of sp³-hybridized carbons (Fsp3) is 0.286. The van der Waals surface area contributed by atoms with Crippen LogP contribution in [0.2, 0.25) is 0 Å². The summed E-state index contributed by atoms with van der Waals surface area (Å²) in [6.07, 6.45) is 0. The zero-order valence-corrected chi connectivity index (χ0v) is 16.8. The molecule has 0 saturated heterocycles. The van der Waals surface area contributed by atoms with Crippen LogP contribution in [-0.2, 0) is 20.9 Å². The Kier molecular flexibility index (Phi) is 6.35. The van der Waals surface area contributed by atoms with Gasteiger partial charge in [0.2, 0.25) is 5.90 Å². The Bertz CT molecular complexity index is 1100. The molecule has 0 spiro atoms. The van der Waals surface area contributed by atoms with Crippen LogP contribution in [0.4, 0.5) is 5.69 Å². The Hall–Kier alpha value is -4.13. The van der Waals surface area contributed by atoms with Gasteiger partial charge in [-0.1, -0.05) is 12.1 Å². The number of allylic oxidation sites excluding steroid dienone is 1. The summed E-state index contributed by atoms with van der Waals surface area (Å²) in [6.45, 7) is 3.19. The molecule has 2 aromatic rings. The summed E-state index contributed by atoms with van der Waals surface area (Å²) in [4.78, 5) is 23.1. The molecule has 1 aliphatic heterocycles. The zero-order valence-electron chi connectivity index (χ0n) is 16.8. The largest absolute Gasteiger partial charge is 0.479 e. The molecule has 1 N–H and O–H groups in total. The number of benzene rings is 1. The van der Waals surface area contributed by atoms with Crippen molar-refractivity contribution in [1.29, 1.82) is 10.7 Å². The Balaban J connectivity index is 1.89. The molecule has 1 aromatic carbocycles. The number of hydrogen-bond donors (Lipinski definition) is 1. The number of ether oxygens (including phenoxy) is 3. The van der Waals surface area contributed by atoms with Crippen molar-refractivity contribution >= 4 is 17.6 Å². The Morgan fingerprint density at radius 3 is 2.74 bits per heavy atom. The number of para-hydroxylation sites is 2. The normalized spacial score (nSPS) is 18.2. The number of nitro groups is 1. The lowest BCUT2D eigenvalue weighted by Gasteiger charge is -2.28. The van der Waals surface area contributed by atoms with Crippen molar-refractivity contribution in [2.45, 2.75) is 26.4 Å². The average molecular weight is 425 g/mol. The number of furan rings is 1. The van der Waals surface area contributed by atoms with Gasteiger partial charge in [0, 0.05) is 6.07 Å². The highest BCUT2D eigenvalue weighted by Crippen LogP contribution is 2.40. The molecule has 0 radical (unpaired) electrons. The van der Waals surface area contributed by atoms with Crippen molar-refractivity contribution in [3.8, 4) is 11.8 Å². The number of nitrogens with zero attached hydrogens (tertiary/aromatic N) is 2. The molecule has 0 amide bonds. The molecule has 31 heavy (non-hydrogen) atoms. The van der Waals surface area contributed by atoms with E-state index >= 15 is 0 Å². The van der Waals surface area contributed by atoms with Crippen molar-refractivity contribution in [2.75, 3.05) is 6.61 Å². The van der Waals surface area contributed by atoms with Gasteiger partial charge in [-0.3, -0.25) is 15.5 Å². The number of esters is 1. The molecule has 1 aliphatic rings. The fourth-order valence-corrected chi connectivity index (χ4v) is 3.26. The highest BCUT2D eigenvalue weighted by atomic mass is 16.6. The molecule has 0 aliphatic carbocycles. The van der Waals surface area contributed by atoms with Crippen LogP contribution in [0.1, 0.15) is 31.3 Å². The smallest absolute Gasteiger partial charge is 0.338 e. The van der Waals surface area contributed by atoms with Gasteiger partial charge >= 0.3 is 11.7 Å². The fourth-order valence-electron chi connectivity index (χ4n) is 3.26. The topological polar surface area (TPSA) is 149 Å². The molecule has 10 heteroatoms. The van der Waals surface area contributed by atoms with Gasteiger partial charge in [0.15, 0.2) is 5.75 Å². The predicted molar refractivity (Wildman–Crippen MR) is 106 cm³/mol. The third-order valence-electron chi connectivity index (χ3n) is 4.62. The van der Waals surface area contributed by atoms with Gasteiger partial charge in [0.05, 0.1) is 29.1 Å². The lowest BCUT2D eigenvalue weighted by molar-refractivity contribution is -0.386. The molecule has 1 aromatic heterocycles. The minimum Gasteiger partial charge on any atom is -0.479 e. The molecule has 0 saturated carbocycles. The van der Waals surface area contributed by atoms with Gasteiger partial charge in [-0.15, -0.1) is 0 Å². The third kappa shape index (κ3) is 4.40. The van der Waals surface area contributed by atoms with E-state index in [1.54, 1.807) is 25.1 Å². The van der Waals surface area contributed by atoms with Gasteiger partial charge in [-0.25, -0.2) is 4.79 Å². The zero-order chi connectivity index (χ0) is 22.5. The van der Waals surface area contributed by atoms with E-state index in [-0.39, 0.29) is 47.6 Å². The summed E-state index contributed by atoms with van der Waals surface area (Å²) >= 11 is 0. The van der Waals surface area contributed by atoms with E-state index in [0.717, 1.165) is 0 Å². The van der Waals surface area contributed by atoms with Crippen molar-refractivity contribution in [1.82, 2.24) is 0 Å². The molecule has 0 fully saturated rings. The Labute approximate surface area is 177 Å². The first-order valence-electron chi connectivity index (χ1n) is 9.36. The Morgan fingerprint density at radius 1 is 1.32 bits per heavy atom. The van der Waals surface area contributed by atoms with E-state index in [0.29, 0.717) is 5.76 Å². The SMILES string of the molecule is CCOC(=O)C1=C(C)OC(=N)C(C#N)C1c1ccc(COc2ccccc2[N+](=O)[O-])o1. The van der Waals surface area contributed by atoms with Gasteiger partial charge in [-0.2, -0.15) is 5.26 Å². The first-order valence-corrected chi connectivity index (χ1v) is 9.36. The molecule has 10 nitrogen and oxygen atoms in total. The lowest BCUT2D eigenvalue weighted by atomic mass is 9.82. The molecule has 0 bridgehead atoms. The molecular formula is C21H19N3O7. The number of rotatable bonds is 7. The molecule has 2 atom stereocenters. The quantitative estimate of drug-likeness (QED) is 0.399. The van der Waals surface area contributed by atoms with Gasteiger partial charge in [0.25, 0.3) is 0 Å². The second-order valence-electron chi connectivity index (χ2n) is 6.56. The van der Waals surface area contributed by atoms with Crippen LogP contribution in [-0.4, -0.2) is 23.4 Å². The standard InChI is InChI=1S/C21H19N3O7/c1-3-28-21(25)18-12(2)30-20(23)14(10-22)19(18)17-9-8-13(31-17)11-29-16-7-5-4-6-15(16)24(26)27/h4-9,14,19,23H,3,11H2,1-2H3. The van der Waals surface area contributed by atoms with Gasteiger partial charge in [0.1, 0.15) is 29.8 Å². The van der Waals surface area contributed by atoms with E-state index < -0.39 is 22.7 Å². The Morgan fingerprint density at radius 2 is 2.06 bits per heavy atom. The summed E-state index contributed by atoms with van der Waals surface area (Å²) < 4.78 is 21.7. The monoisotopic (exact) mass is 425 g/mol. The number of nitrogens with one attached hydrogen (secondary N) is 1. The van der Waals surface area contributed by atoms with E-state index in [4.69, 9.17) is 24.0 Å². The maximum Gasteiger partial charge on any atom is 0.338 e. The van der Waals surface area contributed by atoms with E-state index in [9.17, 15) is 20.2 Å². The van der Waals surface area contributed by atoms with E-state index in [1.165, 1.54) is 25.1 Å². The highest BCUT2D eigenvalue weighted by Gasteiger charge is 2.43. The number of carbonyl (C=O) groups excluding carboxylic acids is 1. The second kappa shape index (κ2) is 9.13. The summed E-state index contributed by atoms with van der Waals surface area (Å²) in [5.74, 6) is -2.13. The number of nitriles is 1. The van der Waals surface area contributed by atoms with E-state index in [2.05, 4.69) is 0 Å². The number of carbonyl (C=O) groups is 1. The third-order valence-corrected chi connectivity index (χ3v) is 4.62. The lowest BCUT2D eigenvalue weighted by Crippen LogP contribution is -2.33. The van der Waals surface area contributed by atoms with Gasteiger partial charge in [-0.05, 0) is 32.0 Å². The van der Waals surface area contributed by atoms with Crippen molar-refractivity contribution in [3.05, 3.63) is 69.4 Å². The van der Waals surface area contributed by atoms with Crippen LogP contribution in [0.3, 0.4) is 0 Å². The predicted octanol–water partition coefficient (Wildman–Crippen LogP) is 3.83. The molecule has 2 heterocycles. The maximum atomic E-state index is 12.5. The van der Waals surface area contributed by atoms with Gasteiger partial charge < -0.3 is 18.6 Å². The van der Waals surface area contributed by atoms with Crippen molar-refractivity contribution in [2.24, 2.45) is 5.92 Å². The molecule has 2 unspecified atom stereocenters. The van der Waals surface area contributed by atoms with Crippen molar-refractivity contribution in [3.63, 3.8) is 0 Å². The maximum absolute atomic E-state index is 12.5. The second-order valence-corrected chi connectivity index (χ2v) is 6.56. The molecular weight excluding hydrogens is 406 g/mol. The molecule has 160 valence electrons. The van der Waals surface area contributed by atoms with Crippen LogP contribution >= 0.6 is 0 Å². The highest BCUT2D eigenvalue weighted by molar-refractivity contribution is 5.95. The van der Waals surface area contributed by atoms with Crippen LogP contribution in [0.15, 0.2) is 52.1 Å². The average Bonchev–Trinajstić information content (AvgIpc) is 3.20. The summed E-state index contributed by atoms with van der Waals surface area (Å²) in [5, 5.41) is 28.7. The van der Waals surface area contributed by atoms with Crippen LogP contribution in [0.5, 0.6) is 5.75 Å². The van der Waals surface area contributed by atoms with E-state index in [1.807, 2.05) is 6.07 Å².